The Morgan fingerprint density at radius 1 is 1.37 bits per heavy atom. The van der Waals surface area contributed by atoms with Gasteiger partial charge in [-0.15, -0.1) is 0 Å². The second-order valence-electron chi connectivity index (χ2n) is 6.33. The van der Waals surface area contributed by atoms with Gasteiger partial charge in [-0.2, -0.15) is 18.4 Å². The molecule has 0 radical (unpaired) electrons. The van der Waals surface area contributed by atoms with Crippen molar-refractivity contribution >= 4 is 5.78 Å². The molecule has 1 unspecified atom stereocenters. The van der Waals surface area contributed by atoms with Crippen molar-refractivity contribution < 1.29 is 31.9 Å². The number of hydrogen-bond acceptors (Lipinski definition) is 3. The fraction of sp³-hybridized carbons (Fsp3) is 0.333. The van der Waals surface area contributed by atoms with E-state index in [1.54, 1.807) is 0 Å². The van der Waals surface area contributed by atoms with Crippen LogP contribution >= 0.6 is 0 Å². The van der Waals surface area contributed by atoms with Crippen molar-refractivity contribution in [1.82, 2.24) is 4.57 Å². The number of fused-ring (bicyclic) bond motifs is 1. The van der Waals surface area contributed by atoms with Crippen molar-refractivity contribution in [3.05, 3.63) is 52.3 Å². The van der Waals surface area contributed by atoms with Crippen molar-refractivity contribution in [1.29, 1.82) is 5.26 Å². The Morgan fingerprint density at radius 3 is 2.59 bits per heavy atom. The molecule has 1 aliphatic carbocycles. The molecule has 0 fully saturated rings. The van der Waals surface area contributed by atoms with Crippen LogP contribution in [-0.2, 0) is 12.6 Å². The first-order valence-electron chi connectivity index (χ1n) is 7.90. The minimum absolute atomic E-state index is 0.00713. The minimum Gasteiger partial charge on any atom is -0.382 e. The SMILES string of the molecule is CC(=O)c1cc(-n2cc(C(F)(F)F)c3c2CCC(F)(F)C3O)ccc1C#N. The molecule has 0 spiro atoms. The molecular formula is C18H13F5N2O2. The van der Waals surface area contributed by atoms with Gasteiger partial charge < -0.3 is 9.67 Å². The van der Waals surface area contributed by atoms with Crippen LogP contribution in [-0.4, -0.2) is 21.4 Å². The lowest BCUT2D eigenvalue weighted by Gasteiger charge is -2.29. The molecule has 1 aliphatic rings. The normalized spacial score (nSPS) is 18.7. The number of nitriles is 1. The molecule has 1 N–H and O–H groups in total. The average molecular weight is 384 g/mol. The number of halogens is 5. The van der Waals surface area contributed by atoms with Crippen LogP contribution in [0.3, 0.4) is 0 Å². The molecule has 4 nitrogen and oxygen atoms in total. The highest BCUT2D eigenvalue weighted by Crippen LogP contribution is 2.48. The summed E-state index contributed by atoms with van der Waals surface area (Å²) in [5.74, 6) is -4.13. The van der Waals surface area contributed by atoms with Crippen LogP contribution in [0, 0.1) is 11.3 Å². The molecule has 0 saturated carbocycles. The quantitative estimate of drug-likeness (QED) is 0.624. The third-order valence-electron chi connectivity index (χ3n) is 4.61. The highest BCUT2D eigenvalue weighted by Gasteiger charge is 2.50. The Bertz CT molecular complexity index is 969. The minimum atomic E-state index is -4.94. The number of aliphatic hydroxyl groups is 1. The first-order valence-corrected chi connectivity index (χ1v) is 7.90. The van der Waals surface area contributed by atoms with E-state index in [1.165, 1.54) is 25.1 Å². The van der Waals surface area contributed by atoms with Crippen LogP contribution in [0.1, 0.15) is 52.2 Å². The molecule has 0 aliphatic heterocycles. The third-order valence-corrected chi connectivity index (χ3v) is 4.61. The summed E-state index contributed by atoms with van der Waals surface area (Å²) in [5, 5.41) is 18.9. The Kier molecular flexibility index (Phi) is 4.35. The van der Waals surface area contributed by atoms with Crippen LogP contribution < -0.4 is 0 Å². The number of carbonyl (C=O) groups is 1. The lowest BCUT2D eigenvalue weighted by atomic mass is 9.89. The van der Waals surface area contributed by atoms with E-state index in [-0.39, 0.29) is 28.9 Å². The predicted octanol–water partition coefficient (Wildman–Crippen LogP) is 4.19. The summed E-state index contributed by atoms with van der Waals surface area (Å²) in [5.41, 5.74) is -2.13. The van der Waals surface area contributed by atoms with Crippen LogP contribution in [0.15, 0.2) is 24.4 Å². The molecule has 142 valence electrons. The molecule has 0 amide bonds. The number of ketones is 1. The summed E-state index contributed by atoms with van der Waals surface area (Å²) < 4.78 is 68.9. The van der Waals surface area contributed by atoms with E-state index in [0.29, 0.717) is 6.20 Å². The molecule has 1 aromatic carbocycles. The van der Waals surface area contributed by atoms with Gasteiger partial charge in [0.15, 0.2) is 5.78 Å². The average Bonchev–Trinajstić information content (AvgIpc) is 2.98. The summed E-state index contributed by atoms with van der Waals surface area (Å²) in [6.07, 6.45) is -8.08. The molecule has 1 heterocycles. The Balaban J connectivity index is 2.27. The molecular weight excluding hydrogens is 371 g/mol. The van der Waals surface area contributed by atoms with Crippen molar-refractivity contribution in [2.24, 2.45) is 0 Å². The maximum absolute atomic E-state index is 13.8. The van der Waals surface area contributed by atoms with E-state index in [0.717, 1.165) is 4.57 Å². The number of hydrogen-bond donors (Lipinski definition) is 1. The second kappa shape index (κ2) is 6.16. The number of rotatable bonds is 2. The number of benzene rings is 1. The Labute approximate surface area is 150 Å². The maximum atomic E-state index is 13.8. The Hall–Kier alpha value is -2.73. The number of Topliss-reactive ketones (excluding diaryl/α,β-unsaturated/α-hetero) is 1. The van der Waals surface area contributed by atoms with Gasteiger partial charge >= 0.3 is 6.18 Å². The fourth-order valence-electron chi connectivity index (χ4n) is 3.28. The van der Waals surface area contributed by atoms with Crippen molar-refractivity contribution in [2.45, 2.75) is 38.0 Å². The molecule has 1 atom stereocenters. The van der Waals surface area contributed by atoms with Gasteiger partial charge in [-0.25, -0.2) is 8.78 Å². The smallest absolute Gasteiger partial charge is 0.382 e. The van der Waals surface area contributed by atoms with Gasteiger partial charge in [-0.1, -0.05) is 0 Å². The predicted molar refractivity (Wildman–Crippen MR) is 83.7 cm³/mol. The number of nitrogens with zero attached hydrogens (tertiary/aromatic N) is 2. The number of aliphatic hydroxyl groups excluding tert-OH is 1. The van der Waals surface area contributed by atoms with Gasteiger partial charge in [0.1, 0.15) is 6.10 Å². The first kappa shape index (κ1) is 19.0. The second-order valence-corrected chi connectivity index (χ2v) is 6.33. The van der Waals surface area contributed by atoms with E-state index in [2.05, 4.69) is 0 Å². The fourth-order valence-corrected chi connectivity index (χ4v) is 3.28. The number of alkyl halides is 5. The summed E-state index contributed by atoms with van der Waals surface area (Å²) in [4.78, 5) is 11.7. The lowest BCUT2D eigenvalue weighted by Crippen LogP contribution is -2.33. The van der Waals surface area contributed by atoms with E-state index in [4.69, 9.17) is 5.26 Å². The zero-order valence-electron chi connectivity index (χ0n) is 13.9. The molecule has 2 aromatic rings. The topological polar surface area (TPSA) is 66.0 Å². The van der Waals surface area contributed by atoms with E-state index >= 15 is 0 Å². The van der Waals surface area contributed by atoms with Crippen LogP contribution in [0.2, 0.25) is 0 Å². The zero-order chi connectivity index (χ0) is 20.1. The van der Waals surface area contributed by atoms with Crippen LogP contribution in [0.4, 0.5) is 22.0 Å². The van der Waals surface area contributed by atoms with Crippen LogP contribution in [0.25, 0.3) is 5.69 Å². The number of carbonyl (C=O) groups excluding carboxylic acids is 1. The molecule has 9 heteroatoms. The summed E-state index contributed by atoms with van der Waals surface area (Å²) >= 11 is 0. The summed E-state index contributed by atoms with van der Waals surface area (Å²) in [7, 11) is 0. The molecule has 27 heavy (non-hydrogen) atoms. The van der Waals surface area contributed by atoms with Crippen molar-refractivity contribution in [3.63, 3.8) is 0 Å². The summed E-state index contributed by atoms with van der Waals surface area (Å²) in [6.45, 7) is 1.20. The monoisotopic (exact) mass is 384 g/mol. The lowest BCUT2D eigenvalue weighted by molar-refractivity contribution is -0.147. The van der Waals surface area contributed by atoms with Crippen LogP contribution in [0.5, 0.6) is 0 Å². The van der Waals surface area contributed by atoms with Crippen molar-refractivity contribution in [2.75, 3.05) is 0 Å². The third kappa shape index (κ3) is 3.10. The zero-order valence-corrected chi connectivity index (χ0v) is 13.9. The largest absolute Gasteiger partial charge is 0.418 e. The molecule has 3 rings (SSSR count). The van der Waals surface area contributed by atoms with Crippen molar-refractivity contribution in [3.8, 4) is 11.8 Å². The molecule has 1 aromatic heterocycles. The highest BCUT2D eigenvalue weighted by molar-refractivity contribution is 5.97. The number of aromatic nitrogens is 1. The molecule has 0 saturated heterocycles. The van der Waals surface area contributed by atoms with Gasteiger partial charge in [-0.05, 0) is 31.5 Å². The van der Waals surface area contributed by atoms with Gasteiger partial charge in [-0.3, -0.25) is 4.79 Å². The van der Waals surface area contributed by atoms with Gasteiger partial charge in [0.05, 0.1) is 17.2 Å². The van der Waals surface area contributed by atoms with Gasteiger partial charge in [0, 0.05) is 35.1 Å². The van der Waals surface area contributed by atoms with Gasteiger partial charge in [0.25, 0.3) is 5.92 Å². The van der Waals surface area contributed by atoms with Gasteiger partial charge in [0.2, 0.25) is 0 Å². The standard InChI is InChI=1S/C18H13F5N2O2/c1-9(26)12-6-11(3-2-10(12)7-24)25-8-13(18(21,22)23)15-14(25)4-5-17(19,20)16(15)27/h2-3,6,8,16,27H,4-5H2,1H3. The van der Waals surface area contributed by atoms with E-state index in [1.807, 2.05) is 6.07 Å². The first-order chi connectivity index (χ1) is 12.5. The molecule has 0 bridgehead atoms. The highest BCUT2D eigenvalue weighted by atomic mass is 19.4. The van der Waals surface area contributed by atoms with E-state index < -0.39 is 41.5 Å². The maximum Gasteiger partial charge on any atom is 0.418 e. The Morgan fingerprint density at radius 2 is 2.04 bits per heavy atom. The summed E-state index contributed by atoms with van der Waals surface area (Å²) in [6, 6.07) is 5.65. The van der Waals surface area contributed by atoms with E-state index in [9.17, 15) is 31.9 Å².